The molecule has 2 N–H and O–H groups in total. The van der Waals surface area contributed by atoms with Crippen LogP contribution in [0.2, 0.25) is 0 Å². The van der Waals surface area contributed by atoms with E-state index < -0.39 is 5.54 Å². The highest BCUT2D eigenvalue weighted by molar-refractivity contribution is 6.01. The van der Waals surface area contributed by atoms with Crippen LogP contribution in [0.3, 0.4) is 0 Å². The lowest BCUT2D eigenvalue weighted by molar-refractivity contribution is -0.132. The Morgan fingerprint density at radius 3 is 2.59 bits per heavy atom. The first-order chi connectivity index (χ1) is 12.6. The number of amides is 3. The fourth-order valence-electron chi connectivity index (χ4n) is 2.90. The molecule has 1 aliphatic heterocycles. The van der Waals surface area contributed by atoms with E-state index in [1.807, 2.05) is 13.8 Å². The average Bonchev–Trinajstić information content (AvgIpc) is 3.03. The molecule has 27 heavy (non-hydrogen) atoms. The first kappa shape index (κ1) is 20.9. The van der Waals surface area contributed by atoms with E-state index in [9.17, 15) is 14.4 Å². The van der Waals surface area contributed by atoms with Crippen LogP contribution in [-0.2, 0) is 11.3 Å². The lowest BCUT2D eigenvalue weighted by atomic mass is 9.95. The molecule has 1 aromatic rings. The topological polar surface area (TPSA) is 96.3 Å². The zero-order valence-electron chi connectivity index (χ0n) is 17.1. The number of fused-ring (bicyclic) bond motifs is 1. The summed E-state index contributed by atoms with van der Waals surface area (Å²) in [5.41, 5.74) is -0.548. The molecule has 8 nitrogen and oxygen atoms in total. The molecule has 3 amide bonds. The predicted molar refractivity (Wildman–Crippen MR) is 102 cm³/mol. The SMILES string of the molecule is CC[C@@H](C)NC(=O)c1cc2n(n1)C[C@@](C)(C(=O)NCCC(C)C)N(C)C2=O. The molecule has 1 aromatic heterocycles. The number of hydrogen-bond acceptors (Lipinski definition) is 4. The number of nitrogens with zero attached hydrogens (tertiary/aromatic N) is 3. The van der Waals surface area contributed by atoms with Crippen molar-refractivity contribution in [3.63, 3.8) is 0 Å². The molecular formula is C19H31N5O3. The van der Waals surface area contributed by atoms with Gasteiger partial charge in [-0.1, -0.05) is 20.8 Å². The van der Waals surface area contributed by atoms with Gasteiger partial charge in [0.2, 0.25) is 5.91 Å². The molecule has 0 saturated carbocycles. The van der Waals surface area contributed by atoms with Crippen LogP contribution in [0.5, 0.6) is 0 Å². The van der Waals surface area contributed by atoms with E-state index in [0.29, 0.717) is 18.2 Å². The molecule has 2 atom stereocenters. The molecule has 0 bridgehead atoms. The number of rotatable bonds is 7. The van der Waals surface area contributed by atoms with Gasteiger partial charge in [0, 0.05) is 25.7 Å². The van der Waals surface area contributed by atoms with Gasteiger partial charge in [-0.25, -0.2) is 0 Å². The zero-order valence-corrected chi connectivity index (χ0v) is 17.1. The first-order valence-corrected chi connectivity index (χ1v) is 9.55. The zero-order chi connectivity index (χ0) is 20.4. The highest BCUT2D eigenvalue weighted by Crippen LogP contribution is 2.26. The van der Waals surface area contributed by atoms with Gasteiger partial charge in [0.1, 0.15) is 11.2 Å². The maximum absolute atomic E-state index is 12.8. The summed E-state index contributed by atoms with van der Waals surface area (Å²) in [6.07, 6.45) is 1.67. The van der Waals surface area contributed by atoms with Gasteiger partial charge in [-0.2, -0.15) is 5.10 Å². The summed E-state index contributed by atoms with van der Waals surface area (Å²) in [5.74, 6) is -0.374. The fourth-order valence-corrected chi connectivity index (χ4v) is 2.90. The van der Waals surface area contributed by atoms with Crippen LogP contribution in [0.25, 0.3) is 0 Å². The van der Waals surface area contributed by atoms with Crippen LogP contribution < -0.4 is 10.6 Å². The summed E-state index contributed by atoms with van der Waals surface area (Å²) in [6, 6.07) is 1.51. The van der Waals surface area contributed by atoms with E-state index >= 15 is 0 Å². The molecule has 0 aliphatic carbocycles. The maximum atomic E-state index is 12.8. The highest BCUT2D eigenvalue weighted by Gasteiger charge is 2.46. The Morgan fingerprint density at radius 1 is 1.33 bits per heavy atom. The second-order valence-corrected chi connectivity index (χ2v) is 7.93. The molecule has 8 heteroatoms. The molecular weight excluding hydrogens is 346 g/mol. The number of carbonyl (C=O) groups is 3. The largest absolute Gasteiger partial charge is 0.354 e. The van der Waals surface area contributed by atoms with Crippen LogP contribution >= 0.6 is 0 Å². The summed E-state index contributed by atoms with van der Waals surface area (Å²) in [5, 5.41) is 10.0. The number of likely N-dealkylation sites (N-methyl/N-ethyl adjacent to an activating group) is 1. The van der Waals surface area contributed by atoms with Crippen molar-refractivity contribution < 1.29 is 14.4 Å². The van der Waals surface area contributed by atoms with Gasteiger partial charge < -0.3 is 15.5 Å². The Bertz CT molecular complexity index is 727. The minimum Gasteiger partial charge on any atom is -0.354 e. The van der Waals surface area contributed by atoms with Crippen molar-refractivity contribution in [1.82, 2.24) is 25.3 Å². The van der Waals surface area contributed by atoms with Crippen molar-refractivity contribution in [2.45, 2.75) is 65.6 Å². The third kappa shape index (κ3) is 4.31. The minimum absolute atomic E-state index is 0.0200. The average molecular weight is 377 g/mol. The Morgan fingerprint density at radius 2 is 2.00 bits per heavy atom. The van der Waals surface area contributed by atoms with E-state index in [-0.39, 0.29) is 36.0 Å². The smallest absolute Gasteiger partial charge is 0.272 e. The van der Waals surface area contributed by atoms with Crippen LogP contribution in [0, 0.1) is 5.92 Å². The Hall–Kier alpha value is -2.38. The first-order valence-electron chi connectivity index (χ1n) is 9.55. The van der Waals surface area contributed by atoms with Crippen molar-refractivity contribution in [3.05, 3.63) is 17.5 Å². The van der Waals surface area contributed by atoms with E-state index in [1.165, 1.54) is 15.6 Å². The predicted octanol–water partition coefficient (Wildman–Crippen LogP) is 1.42. The van der Waals surface area contributed by atoms with Crippen molar-refractivity contribution in [1.29, 1.82) is 0 Å². The number of nitrogens with one attached hydrogen (secondary N) is 2. The molecule has 0 radical (unpaired) electrons. The number of carbonyl (C=O) groups excluding carboxylic acids is 3. The van der Waals surface area contributed by atoms with E-state index in [2.05, 4.69) is 29.6 Å². The monoisotopic (exact) mass is 377 g/mol. The van der Waals surface area contributed by atoms with Gasteiger partial charge >= 0.3 is 0 Å². The number of aromatic nitrogens is 2. The number of hydrogen-bond donors (Lipinski definition) is 2. The third-order valence-corrected chi connectivity index (χ3v) is 5.22. The summed E-state index contributed by atoms with van der Waals surface area (Å²) >= 11 is 0. The molecule has 2 heterocycles. The van der Waals surface area contributed by atoms with E-state index in [0.717, 1.165) is 12.8 Å². The standard InChI is InChI=1S/C19H31N5O3/c1-7-13(4)21-16(25)14-10-15-17(26)23(6)19(5,11-24(15)22-14)18(27)20-9-8-12(2)3/h10,12-13H,7-9,11H2,1-6H3,(H,20,27)(H,21,25)/t13-,19+/m1/s1. The lowest BCUT2D eigenvalue weighted by Crippen LogP contribution is -2.62. The van der Waals surface area contributed by atoms with Crippen LogP contribution in [0.15, 0.2) is 6.07 Å². The molecule has 0 unspecified atom stereocenters. The Balaban J connectivity index is 2.21. The summed E-state index contributed by atoms with van der Waals surface area (Å²) in [7, 11) is 1.61. The maximum Gasteiger partial charge on any atom is 0.272 e. The summed E-state index contributed by atoms with van der Waals surface area (Å²) < 4.78 is 1.47. The van der Waals surface area contributed by atoms with Gasteiger partial charge in [0.05, 0.1) is 6.54 Å². The Kier molecular flexibility index (Phi) is 6.28. The quantitative estimate of drug-likeness (QED) is 0.751. The van der Waals surface area contributed by atoms with E-state index in [4.69, 9.17) is 0 Å². The van der Waals surface area contributed by atoms with Crippen LogP contribution in [-0.4, -0.2) is 57.6 Å². The van der Waals surface area contributed by atoms with Crippen LogP contribution in [0.4, 0.5) is 0 Å². The van der Waals surface area contributed by atoms with Crippen molar-refractivity contribution in [2.75, 3.05) is 13.6 Å². The van der Waals surface area contributed by atoms with E-state index in [1.54, 1.807) is 14.0 Å². The van der Waals surface area contributed by atoms with Gasteiger partial charge in [0.15, 0.2) is 5.69 Å². The van der Waals surface area contributed by atoms with Crippen molar-refractivity contribution >= 4 is 17.7 Å². The van der Waals surface area contributed by atoms with Crippen LogP contribution in [0.1, 0.15) is 68.4 Å². The Labute approximate surface area is 160 Å². The molecule has 0 aromatic carbocycles. The van der Waals surface area contributed by atoms with Gasteiger partial charge in [-0.3, -0.25) is 19.1 Å². The molecule has 2 rings (SSSR count). The highest BCUT2D eigenvalue weighted by atomic mass is 16.2. The second kappa shape index (κ2) is 8.10. The summed E-state index contributed by atoms with van der Waals surface area (Å²) in [6.45, 7) is 10.5. The third-order valence-electron chi connectivity index (χ3n) is 5.22. The van der Waals surface area contributed by atoms with Gasteiger partial charge in [-0.05, 0) is 32.6 Å². The van der Waals surface area contributed by atoms with Gasteiger partial charge in [0.25, 0.3) is 11.8 Å². The molecule has 0 fully saturated rings. The van der Waals surface area contributed by atoms with Crippen molar-refractivity contribution in [2.24, 2.45) is 5.92 Å². The molecule has 150 valence electrons. The fraction of sp³-hybridized carbons (Fsp3) is 0.684. The molecule has 0 spiro atoms. The summed E-state index contributed by atoms with van der Waals surface area (Å²) in [4.78, 5) is 39.3. The second-order valence-electron chi connectivity index (χ2n) is 7.93. The van der Waals surface area contributed by atoms with Crippen molar-refractivity contribution in [3.8, 4) is 0 Å². The van der Waals surface area contributed by atoms with Gasteiger partial charge in [-0.15, -0.1) is 0 Å². The minimum atomic E-state index is -1.06. The lowest BCUT2D eigenvalue weighted by Gasteiger charge is -2.40. The normalized spacial score (nSPS) is 20.4. The molecule has 0 saturated heterocycles. The molecule has 1 aliphatic rings.